The number of rotatable bonds is 5. The van der Waals surface area contributed by atoms with E-state index >= 15 is 0 Å². The Labute approximate surface area is 109 Å². The molecular weight excluding hydrogens is 230 g/mol. The molecule has 4 nitrogen and oxygen atoms in total. The minimum Gasteiger partial charge on any atom is -0.480 e. The molecule has 0 bridgehead atoms. The molecule has 0 aromatic heterocycles. The number of carbonyl (C=O) groups excluding carboxylic acids is 1. The molecule has 0 fully saturated rings. The molecule has 4 heteroatoms. The van der Waals surface area contributed by atoms with Crippen molar-refractivity contribution in [1.29, 1.82) is 0 Å². The van der Waals surface area contributed by atoms with E-state index in [1.54, 1.807) is 0 Å². The Kier molecular flexibility index (Phi) is 4.93. The van der Waals surface area contributed by atoms with E-state index in [1.165, 1.54) is 4.90 Å². The molecule has 1 aliphatic rings. The van der Waals surface area contributed by atoms with Crippen molar-refractivity contribution in [3.63, 3.8) is 0 Å². The second-order valence-electron chi connectivity index (χ2n) is 6.17. The van der Waals surface area contributed by atoms with Crippen LogP contribution in [0, 0.1) is 11.3 Å². The minimum absolute atomic E-state index is 0.0520. The molecule has 1 aliphatic carbocycles. The molecule has 0 aromatic carbocycles. The van der Waals surface area contributed by atoms with Crippen molar-refractivity contribution in [2.75, 3.05) is 13.1 Å². The first kappa shape index (κ1) is 14.7. The number of hydrogen-bond acceptors (Lipinski definition) is 2. The maximum absolute atomic E-state index is 12.1. The molecule has 1 atom stereocenters. The SMILES string of the molecule is CC(C)(C)CN(CC(=O)O)C(=O)CC1C=CCC1. The normalized spacial score (nSPS) is 18.9. The summed E-state index contributed by atoms with van der Waals surface area (Å²) in [6.07, 6.45) is 6.61. The van der Waals surface area contributed by atoms with Crippen LogP contribution in [0.4, 0.5) is 0 Å². The molecule has 0 radical (unpaired) electrons. The Bertz CT molecular complexity index is 341. The van der Waals surface area contributed by atoms with Gasteiger partial charge in [-0.3, -0.25) is 9.59 Å². The zero-order chi connectivity index (χ0) is 13.8. The second kappa shape index (κ2) is 6.03. The summed E-state index contributed by atoms with van der Waals surface area (Å²) in [5.41, 5.74) is -0.0867. The van der Waals surface area contributed by atoms with Crippen LogP contribution in [0.5, 0.6) is 0 Å². The molecular formula is C14H23NO3. The van der Waals surface area contributed by atoms with Gasteiger partial charge in [-0.15, -0.1) is 0 Å². The third-order valence-electron chi connectivity index (χ3n) is 2.89. The van der Waals surface area contributed by atoms with Gasteiger partial charge >= 0.3 is 5.97 Å². The van der Waals surface area contributed by atoms with Gasteiger partial charge in [0, 0.05) is 13.0 Å². The molecule has 0 aliphatic heterocycles. The molecule has 1 unspecified atom stereocenters. The van der Waals surface area contributed by atoms with E-state index in [2.05, 4.69) is 12.2 Å². The predicted octanol–water partition coefficient (Wildman–Crippen LogP) is 2.30. The Morgan fingerprint density at radius 1 is 1.39 bits per heavy atom. The van der Waals surface area contributed by atoms with Crippen LogP contribution in [0.3, 0.4) is 0 Å². The van der Waals surface area contributed by atoms with Crippen LogP contribution in [0.15, 0.2) is 12.2 Å². The maximum atomic E-state index is 12.1. The third kappa shape index (κ3) is 5.34. The summed E-state index contributed by atoms with van der Waals surface area (Å²) in [4.78, 5) is 24.4. The van der Waals surface area contributed by atoms with Gasteiger partial charge in [-0.25, -0.2) is 0 Å². The van der Waals surface area contributed by atoms with Crippen molar-refractivity contribution < 1.29 is 14.7 Å². The fraction of sp³-hybridized carbons (Fsp3) is 0.714. The first-order valence-electron chi connectivity index (χ1n) is 6.44. The first-order valence-corrected chi connectivity index (χ1v) is 6.44. The fourth-order valence-corrected chi connectivity index (χ4v) is 2.19. The van der Waals surface area contributed by atoms with E-state index in [0.29, 0.717) is 13.0 Å². The van der Waals surface area contributed by atoms with Gasteiger partial charge in [-0.05, 0) is 24.2 Å². The van der Waals surface area contributed by atoms with Gasteiger partial charge in [0.2, 0.25) is 5.91 Å². The maximum Gasteiger partial charge on any atom is 0.323 e. The summed E-state index contributed by atoms with van der Waals surface area (Å²) in [6, 6.07) is 0. The van der Waals surface area contributed by atoms with Crippen LogP contribution in [0.2, 0.25) is 0 Å². The Balaban J connectivity index is 2.59. The average molecular weight is 253 g/mol. The van der Waals surface area contributed by atoms with Crippen LogP contribution < -0.4 is 0 Å². The standard InChI is InChI=1S/C14H23NO3/c1-14(2,3)10-15(9-13(17)18)12(16)8-11-6-4-5-7-11/h4,6,11H,5,7-10H2,1-3H3,(H,17,18). The molecule has 0 saturated carbocycles. The van der Waals surface area contributed by atoms with Gasteiger partial charge in [-0.2, -0.15) is 0 Å². The van der Waals surface area contributed by atoms with E-state index in [0.717, 1.165) is 12.8 Å². The highest BCUT2D eigenvalue weighted by Gasteiger charge is 2.25. The Hall–Kier alpha value is -1.32. The summed E-state index contributed by atoms with van der Waals surface area (Å²) in [6.45, 7) is 6.29. The van der Waals surface area contributed by atoms with E-state index in [4.69, 9.17) is 5.11 Å². The fourth-order valence-electron chi connectivity index (χ4n) is 2.19. The van der Waals surface area contributed by atoms with E-state index in [-0.39, 0.29) is 23.8 Å². The lowest BCUT2D eigenvalue weighted by molar-refractivity contribution is -0.145. The third-order valence-corrected chi connectivity index (χ3v) is 2.89. The van der Waals surface area contributed by atoms with Crippen LogP contribution in [0.1, 0.15) is 40.0 Å². The summed E-state index contributed by atoms with van der Waals surface area (Å²) < 4.78 is 0. The number of hydrogen-bond donors (Lipinski definition) is 1. The van der Waals surface area contributed by atoms with Crippen molar-refractivity contribution in [1.82, 2.24) is 4.90 Å². The van der Waals surface area contributed by atoms with Crippen LogP contribution >= 0.6 is 0 Å². The number of aliphatic carboxylic acids is 1. The number of carboxylic acid groups (broad SMARTS) is 1. The number of carbonyl (C=O) groups is 2. The first-order chi connectivity index (χ1) is 8.28. The monoisotopic (exact) mass is 253 g/mol. The van der Waals surface area contributed by atoms with Crippen molar-refractivity contribution in [2.24, 2.45) is 11.3 Å². The number of allylic oxidation sites excluding steroid dienone is 2. The summed E-state index contributed by atoms with van der Waals surface area (Å²) in [5, 5.41) is 8.88. The highest BCUT2D eigenvalue weighted by molar-refractivity contribution is 5.81. The molecule has 102 valence electrons. The molecule has 0 aromatic rings. The van der Waals surface area contributed by atoms with Crippen molar-refractivity contribution in [3.05, 3.63) is 12.2 Å². The lowest BCUT2D eigenvalue weighted by Crippen LogP contribution is -2.41. The summed E-state index contributed by atoms with van der Waals surface area (Å²) in [5.74, 6) is -0.716. The molecule has 1 N–H and O–H groups in total. The van der Waals surface area contributed by atoms with Crippen molar-refractivity contribution in [3.8, 4) is 0 Å². The molecule has 0 saturated heterocycles. The van der Waals surface area contributed by atoms with Gasteiger partial charge < -0.3 is 10.0 Å². The van der Waals surface area contributed by atoms with Gasteiger partial charge in [0.1, 0.15) is 6.54 Å². The van der Waals surface area contributed by atoms with Gasteiger partial charge in [-0.1, -0.05) is 32.9 Å². The van der Waals surface area contributed by atoms with Gasteiger partial charge in [0.15, 0.2) is 0 Å². The average Bonchev–Trinajstić information content (AvgIpc) is 2.66. The number of nitrogens with zero attached hydrogens (tertiary/aromatic N) is 1. The van der Waals surface area contributed by atoms with Crippen LogP contribution in [0.25, 0.3) is 0 Å². The topological polar surface area (TPSA) is 57.6 Å². The van der Waals surface area contributed by atoms with Gasteiger partial charge in [0.25, 0.3) is 0 Å². The lowest BCUT2D eigenvalue weighted by Gasteiger charge is -2.29. The molecule has 1 amide bonds. The Morgan fingerprint density at radius 3 is 2.50 bits per heavy atom. The Morgan fingerprint density at radius 2 is 2.06 bits per heavy atom. The number of carboxylic acids is 1. The molecule has 18 heavy (non-hydrogen) atoms. The predicted molar refractivity (Wildman–Crippen MR) is 70.2 cm³/mol. The summed E-state index contributed by atoms with van der Waals surface area (Å²) >= 11 is 0. The molecule has 0 heterocycles. The summed E-state index contributed by atoms with van der Waals surface area (Å²) in [7, 11) is 0. The highest BCUT2D eigenvalue weighted by atomic mass is 16.4. The van der Waals surface area contributed by atoms with Crippen molar-refractivity contribution >= 4 is 11.9 Å². The lowest BCUT2D eigenvalue weighted by atomic mass is 9.95. The quantitative estimate of drug-likeness (QED) is 0.765. The highest BCUT2D eigenvalue weighted by Crippen LogP contribution is 2.22. The van der Waals surface area contributed by atoms with Crippen LogP contribution in [-0.2, 0) is 9.59 Å². The van der Waals surface area contributed by atoms with Crippen LogP contribution in [-0.4, -0.2) is 35.0 Å². The molecule has 1 rings (SSSR count). The number of amides is 1. The second-order valence-corrected chi connectivity index (χ2v) is 6.17. The minimum atomic E-state index is -0.949. The van der Waals surface area contributed by atoms with E-state index in [9.17, 15) is 9.59 Å². The molecule has 0 spiro atoms. The van der Waals surface area contributed by atoms with E-state index in [1.807, 2.05) is 20.8 Å². The van der Waals surface area contributed by atoms with E-state index < -0.39 is 5.97 Å². The van der Waals surface area contributed by atoms with Gasteiger partial charge in [0.05, 0.1) is 0 Å². The smallest absolute Gasteiger partial charge is 0.323 e. The van der Waals surface area contributed by atoms with Crippen molar-refractivity contribution in [2.45, 2.75) is 40.0 Å². The zero-order valence-electron chi connectivity index (χ0n) is 11.5. The largest absolute Gasteiger partial charge is 0.480 e. The zero-order valence-corrected chi connectivity index (χ0v) is 11.5.